The first-order chi connectivity index (χ1) is 8.90. The molecule has 2 aromatic rings. The van der Waals surface area contributed by atoms with Crippen LogP contribution in [0.3, 0.4) is 0 Å². The molecule has 0 atom stereocenters. The zero-order chi connectivity index (χ0) is 14.2. The molecule has 0 saturated heterocycles. The van der Waals surface area contributed by atoms with Gasteiger partial charge in [-0.05, 0) is 51.0 Å². The molecule has 1 heterocycles. The van der Waals surface area contributed by atoms with Crippen LogP contribution in [-0.4, -0.2) is 16.0 Å². The summed E-state index contributed by atoms with van der Waals surface area (Å²) in [6, 6.07) is 4.81. The van der Waals surface area contributed by atoms with Crippen molar-refractivity contribution in [3.05, 3.63) is 57.7 Å². The number of rotatable bonds is 2. The van der Waals surface area contributed by atoms with Gasteiger partial charge in [-0.15, -0.1) is 0 Å². The lowest BCUT2D eigenvalue weighted by Crippen LogP contribution is -2.11. The number of aromatic nitrogens is 2. The van der Waals surface area contributed by atoms with Crippen LogP contribution in [-0.2, 0) is 0 Å². The van der Waals surface area contributed by atoms with E-state index in [4.69, 9.17) is 0 Å². The highest BCUT2D eigenvalue weighted by Gasteiger charge is 2.19. The lowest BCUT2D eigenvalue weighted by atomic mass is 9.96. The number of aryl methyl sites for hydroxylation is 4. The van der Waals surface area contributed by atoms with Gasteiger partial charge in [0.2, 0.25) is 0 Å². The first kappa shape index (κ1) is 13.3. The van der Waals surface area contributed by atoms with Crippen molar-refractivity contribution in [2.75, 3.05) is 0 Å². The molecule has 0 bridgehead atoms. The van der Waals surface area contributed by atoms with Gasteiger partial charge in [-0.25, -0.2) is 4.39 Å². The zero-order valence-corrected chi connectivity index (χ0v) is 11.4. The van der Waals surface area contributed by atoms with Crippen molar-refractivity contribution in [3.63, 3.8) is 0 Å². The molecule has 0 N–H and O–H groups in total. The van der Waals surface area contributed by atoms with Crippen LogP contribution in [0.2, 0.25) is 0 Å². The Hall–Kier alpha value is -2.10. The van der Waals surface area contributed by atoms with Crippen molar-refractivity contribution in [1.29, 1.82) is 0 Å². The standard InChI is InChI=1S/C15H15FN2O/c1-8-5-9(2)14(13(16)6-8)15(19)12-7-10(3)17-18-11(12)4/h5-7H,1-4H3. The highest BCUT2D eigenvalue weighted by atomic mass is 19.1. The van der Waals surface area contributed by atoms with Crippen LogP contribution in [0.1, 0.15) is 38.4 Å². The molecule has 4 heteroatoms. The van der Waals surface area contributed by atoms with E-state index in [1.54, 1.807) is 39.8 Å². The summed E-state index contributed by atoms with van der Waals surface area (Å²) in [5.74, 6) is -0.832. The van der Waals surface area contributed by atoms with Gasteiger partial charge in [0.05, 0.1) is 17.0 Å². The summed E-state index contributed by atoms with van der Waals surface area (Å²) in [5, 5.41) is 7.79. The lowest BCUT2D eigenvalue weighted by Gasteiger charge is -2.09. The molecule has 0 aliphatic rings. The molecular formula is C15H15FN2O. The fourth-order valence-electron chi connectivity index (χ4n) is 2.12. The highest BCUT2D eigenvalue weighted by Crippen LogP contribution is 2.20. The molecule has 0 saturated carbocycles. The Bertz CT molecular complexity index is 642. The van der Waals surface area contributed by atoms with Crippen LogP contribution in [0.5, 0.6) is 0 Å². The molecule has 0 aliphatic carbocycles. The minimum atomic E-state index is -0.489. The second-order valence-corrected chi connectivity index (χ2v) is 4.75. The van der Waals surface area contributed by atoms with E-state index in [0.29, 0.717) is 22.5 Å². The summed E-state index contributed by atoms with van der Waals surface area (Å²) in [5.41, 5.74) is 3.09. The summed E-state index contributed by atoms with van der Waals surface area (Å²) >= 11 is 0. The van der Waals surface area contributed by atoms with Gasteiger partial charge in [0, 0.05) is 5.56 Å². The molecule has 0 aliphatic heterocycles. The van der Waals surface area contributed by atoms with Gasteiger partial charge in [0.15, 0.2) is 5.78 Å². The fourth-order valence-corrected chi connectivity index (χ4v) is 2.12. The molecule has 3 nitrogen and oxygen atoms in total. The third-order valence-corrected chi connectivity index (χ3v) is 3.00. The highest BCUT2D eigenvalue weighted by molar-refractivity contribution is 6.10. The number of carbonyl (C=O) groups excluding carboxylic acids is 1. The Morgan fingerprint density at radius 2 is 1.74 bits per heavy atom. The quantitative estimate of drug-likeness (QED) is 0.777. The van der Waals surface area contributed by atoms with E-state index in [-0.39, 0.29) is 11.3 Å². The van der Waals surface area contributed by atoms with Crippen LogP contribution >= 0.6 is 0 Å². The summed E-state index contributed by atoms with van der Waals surface area (Å²) in [6.45, 7) is 6.98. The first-order valence-corrected chi connectivity index (χ1v) is 6.02. The molecule has 0 unspecified atom stereocenters. The van der Waals surface area contributed by atoms with Crippen molar-refractivity contribution in [3.8, 4) is 0 Å². The maximum absolute atomic E-state index is 14.0. The number of ketones is 1. The lowest BCUT2D eigenvalue weighted by molar-refractivity contribution is 0.103. The van der Waals surface area contributed by atoms with Crippen molar-refractivity contribution >= 4 is 5.78 Å². The van der Waals surface area contributed by atoms with Crippen LogP contribution < -0.4 is 0 Å². The Morgan fingerprint density at radius 1 is 1.05 bits per heavy atom. The Labute approximate surface area is 111 Å². The predicted octanol–water partition coefficient (Wildman–Crippen LogP) is 3.08. The summed E-state index contributed by atoms with van der Waals surface area (Å²) in [6.07, 6.45) is 0. The summed E-state index contributed by atoms with van der Waals surface area (Å²) in [4.78, 5) is 12.5. The van der Waals surface area contributed by atoms with E-state index in [1.807, 2.05) is 0 Å². The van der Waals surface area contributed by atoms with Gasteiger partial charge in [-0.2, -0.15) is 10.2 Å². The van der Waals surface area contributed by atoms with E-state index in [2.05, 4.69) is 10.2 Å². The average molecular weight is 258 g/mol. The third kappa shape index (κ3) is 2.52. The molecule has 1 aromatic carbocycles. The maximum Gasteiger partial charge on any atom is 0.198 e. The molecule has 0 amide bonds. The van der Waals surface area contributed by atoms with Crippen LogP contribution in [0.25, 0.3) is 0 Å². The molecular weight excluding hydrogens is 243 g/mol. The second-order valence-electron chi connectivity index (χ2n) is 4.75. The number of nitrogens with zero attached hydrogens (tertiary/aromatic N) is 2. The predicted molar refractivity (Wildman–Crippen MR) is 70.8 cm³/mol. The molecule has 19 heavy (non-hydrogen) atoms. The topological polar surface area (TPSA) is 42.9 Å². The van der Waals surface area contributed by atoms with Gasteiger partial charge in [0.1, 0.15) is 5.82 Å². The first-order valence-electron chi connectivity index (χ1n) is 6.02. The van der Waals surface area contributed by atoms with Gasteiger partial charge < -0.3 is 0 Å². The minimum absolute atomic E-state index is 0.112. The molecule has 0 spiro atoms. The van der Waals surface area contributed by atoms with Crippen LogP contribution in [0, 0.1) is 33.5 Å². The van der Waals surface area contributed by atoms with E-state index >= 15 is 0 Å². The number of carbonyl (C=O) groups is 1. The van der Waals surface area contributed by atoms with E-state index in [9.17, 15) is 9.18 Å². The van der Waals surface area contributed by atoms with Crippen molar-refractivity contribution in [1.82, 2.24) is 10.2 Å². The average Bonchev–Trinajstić information content (AvgIpc) is 2.30. The molecule has 0 radical (unpaired) electrons. The number of hydrogen-bond acceptors (Lipinski definition) is 3. The maximum atomic E-state index is 14.0. The van der Waals surface area contributed by atoms with Gasteiger partial charge in [0.25, 0.3) is 0 Å². The normalized spacial score (nSPS) is 10.6. The number of benzene rings is 1. The van der Waals surface area contributed by atoms with Crippen molar-refractivity contribution in [2.45, 2.75) is 27.7 Å². The fraction of sp³-hybridized carbons (Fsp3) is 0.267. The van der Waals surface area contributed by atoms with Crippen molar-refractivity contribution in [2.24, 2.45) is 0 Å². The van der Waals surface area contributed by atoms with E-state index in [1.165, 1.54) is 6.07 Å². The summed E-state index contributed by atoms with van der Waals surface area (Å²) < 4.78 is 14.0. The molecule has 0 fully saturated rings. The zero-order valence-electron chi connectivity index (χ0n) is 11.4. The largest absolute Gasteiger partial charge is 0.288 e. The Balaban J connectivity index is 2.59. The van der Waals surface area contributed by atoms with Crippen molar-refractivity contribution < 1.29 is 9.18 Å². The number of halogens is 1. The van der Waals surface area contributed by atoms with Gasteiger partial charge in [-0.3, -0.25) is 4.79 Å². The van der Waals surface area contributed by atoms with Gasteiger partial charge in [-0.1, -0.05) is 6.07 Å². The SMILES string of the molecule is Cc1cc(C)c(C(=O)c2cc(C)nnc2C)c(F)c1. The molecule has 1 aromatic heterocycles. The molecule has 2 rings (SSSR count). The minimum Gasteiger partial charge on any atom is -0.288 e. The van der Waals surface area contributed by atoms with Gasteiger partial charge >= 0.3 is 0 Å². The number of hydrogen-bond donors (Lipinski definition) is 0. The smallest absolute Gasteiger partial charge is 0.198 e. The Kier molecular flexibility index (Phi) is 3.42. The van der Waals surface area contributed by atoms with Crippen LogP contribution in [0.4, 0.5) is 4.39 Å². The monoisotopic (exact) mass is 258 g/mol. The second kappa shape index (κ2) is 4.88. The van der Waals surface area contributed by atoms with E-state index < -0.39 is 5.82 Å². The molecule has 98 valence electrons. The summed E-state index contributed by atoms with van der Waals surface area (Å²) in [7, 11) is 0. The third-order valence-electron chi connectivity index (χ3n) is 3.00. The van der Waals surface area contributed by atoms with Crippen LogP contribution in [0.15, 0.2) is 18.2 Å². The Morgan fingerprint density at radius 3 is 2.37 bits per heavy atom. The van der Waals surface area contributed by atoms with E-state index in [0.717, 1.165) is 5.56 Å².